The standard InChI is InChI=1S/C18H26N2O4/c1-3-13(4-2)19-18(23)16-12-20(11-7-10-17(21)22)14-8-5-6-9-15(14)24-16/h5-6,8-9,13,16H,3-4,7,10-12H2,1-2H3,(H,19,23)(H,21,22). The van der Waals surface area contributed by atoms with Crippen LogP contribution in [0.3, 0.4) is 0 Å². The Morgan fingerprint density at radius 2 is 2.04 bits per heavy atom. The lowest BCUT2D eigenvalue weighted by Crippen LogP contribution is -2.51. The Kier molecular flexibility index (Phi) is 6.46. The van der Waals surface area contributed by atoms with E-state index in [2.05, 4.69) is 5.32 Å². The van der Waals surface area contributed by atoms with Crippen molar-refractivity contribution in [2.24, 2.45) is 0 Å². The number of carbonyl (C=O) groups excluding carboxylic acids is 1. The van der Waals surface area contributed by atoms with E-state index in [1.165, 1.54) is 0 Å². The van der Waals surface area contributed by atoms with Crippen LogP contribution in [0.4, 0.5) is 5.69 Å². The fourth-order valence-electron chi connectivity index (χ4n) is 2.86. The number of anilines is 1. The van der Waals surface area contributed by atoms with Gasteiger partial charge in [0, 0.05) is 19.0 Å². The number of carboxylic acids is 1. The van der Waals surface area contributed by atoms with Crippen LogP contribution in [0, 0.1) is 0 Å². The molecule has 2 rings (SSSR count). The van der Waals surface area contributed by atoms with Gasteiger partial charge in [-0.1, -0.05) is 26.0 Å². The number of ether oxygens (including phenoxy) is 1. The average molecular weight is 334 g/mol. The molecule has 0 radical (unpaired) electrons. The van der Waals surface area contributed by atoms with Crippen LogP contribution in [-0.4, -0.2) is 42.2 Å². The van der Waals surface area contributed by atoms with Crippen molar-refractivity contribution in [3.05, 3.63) is 24.3 Å². The molecule has 6 heteroatoms. The first kappa shape index (κ1) is 18.1. The summed E-state index contributed by atoms with van der Waals surface area (Å²) >= 11 is 0. The van der Waals surface area contributed by atoms with Crippen LogP contribution in [0.5, 0.6) is 5.75 Å². The molecule has 1 aromatic carbocycles. The summed E-state index contributed by atoms with van der Waals surface area (Å²) in [6, 6.07) is 7.71. The van der Waals surface area contributed by atoms with E-state index in [-0.39, 0.29) is 18.4 Å². The van der Waals surface area contributed by atoms with Gasteiger partial charge in [0.05, 0.1) is 12.2 Å². The summed E-state index contributed by atoms with van der Waals surface area (Å²) in [4.78, 5) is 25.3. The molecule has 132 valence electrons. The van der Waals surface area contributed by atoms with Gasteiger partial charge < -0.3 is 20.1 Å². The number of carbonyl (C=O) groups is 2. The number of para-hydroxylation sites is 2. The second-order valence-electron chi connectivity index (χ2n) is 6.04. The minimum Gasteiger partial charge on any atom is -0.481 e. The van der Waals surface area contributed by atoms with Crippen LogP contribution in [0.25, 0.3) is 0 Å². The Morgan fingerprint density at radius 1 is 1.33 bits per heavy atom. The molecule has 0 saturated carbocycles. The number of aliphatic carboxylic acids is 1. The molecule has 2 N–H and O–H groups in total. The average Bonchev–Trinajstić information content (AvgIpc) is 2.58. The topological polar surface area (TPSA) is 78.9 Å². The monoisotopic (exact) mass is 334 g/mol. The zero-order valence-corrected chi connectivity index (χ0v) is 14.3. The molecular formula is C18H26N2O4. The highest BCUT2D eigenvalue weighted by Gasteiger charge is 2.31. The summed E-state index contributed by atoms with van der Waals surface area (Å²) in [5.74, 6) is -0.246. The molecule has 0 bridgehead atoms. The molecule has 1 aliphatic rings. The summed E-state index contributed by atoms with van der Waals surface area (Å²) in [5.41, 5.74) is 0.912. The second kappa shape index (κ2) is 8.57. The van der Waals surface area contributed by atoms with E-state index < -0.39 is 12.1 Å². The summed E-state index contributed by atoms with van der Waals surface area (Å²) in [7, 11) is 0. The smallest absolute Gasteiger partial charge is 0.303 e. The van der Waals surface area contributed by atoms with Gasteiger partial charge in [-0.15, -0.1) is 0 Å². The third-order valence-electron chi connectivity index (χ3n) is 4.30. The number of hydrogen-bond donors (Lipinski definition) is 2. The summed E-state index contributed by atoms with van der Waals surface area (Å²) < 4.78 is 5.87. The highest BCUT2D eigenvalue weighted by Crippen LogP contribution is 2.33. The first-order chi connectivity index (χ1) is 11.5. The molecule has 1 unspecified atom stereocenters. The van der Waals surface area contributed by atoms with Crippen LogP contribution in [0.15, 0.2) is 24.3 Å². The van der Waals surface area contributed by atoms with Crippen LogP contribution in [-0.2, 0) is 9.59 Å². The molecule has 0 spiro atoms. The zero-order chi connectivity index (χ0) is 17.5. The van der Waals surface area contributed by atoms with Crippen molar-refractivity contribution in [2.45, 2.75) is 51.7 Å². The minimum absolute atomic E-state index is 0.110. The number of nitrogens with zero attached hydrogens (tertiary/aromatic N) is 1. The number of hydrogen-bond acceptors (Lipinski definition) is 4. The Labute approximate surface area is 142 Å². The second-order valence-corrected chi connectivity index (χ2v) is 6.04. The summed E-state index contributed by atoms with van der Waals surface area (Å²) in [6.45, 7) is 5.11. The SMILES string of the molecule is CCC(CC)NC(=O)C1CN(CCCC(=O)O)c2ccccc2O1. The van der Waals surface area contributed by atoms with E-state index in [1.807, 2.05) is 43.0 Å². The van der Waals surface area contributed by atoms with Crippen molar-refractivity contribution < 1.29 is 19.4 Å². The van der Waals surface area contributed by atoms with Gasteiger partial charge in [-0.05, 0) is 31.4 Å². The Hall–Kier alpha value is -2.24. The van der Waals surface area contributed by atoms with Crippen LogP contribution in [0.1, 0.15) is 39.5 Å². The number of rotatable bonds is 8. The molecule has 1 amide bonds. The van der Waals surface area contributed by atoms with Gasteiger partial charge in [0.25, 0.3) is 5.91 Å². The normalized spacial score (nSPS) is 16.5. The van der Waals surface area contributed by atoms with Crippen LogP contribution < -0.4 is 15.0 Å². The number of carboxylic acid groups (broad SMARTS) is 1. The first-order valence-electron chi connectivity index (χ1n) is 8.57. The van der Waals surface area contributed by atoms with Gasteiger partial charge in [-0.25, -0.2) is 0 Å². The van der Waals surface area contributed by atoms with Crippen molar-refractivity contribution in [1.82, 2.24) is 5.32 Å². The molecule has 1 aliphatic heterocycles. The fourth-order valence-corrected chi connectivity index (χ4v) is 2.86. The number of nitrogens with one attached hydrogen (secondary N) is 1. The van der Waals surface area contributed by atoms with E-state index in [4.69, 9.17) is 9.84 Å². The maximum absolute atomic E-state index is 12.5. The number of benzene rings is 1. The first-order valence-corrected chi connectivity index (χ1v) is 8.57. The quantitative estimate of drug-likeness (QED) is 0.763. The van der Waals surface area contributed by atoms with Crippen molar-refractivity contribution >= 4 is 17.6 Å². The third kappa shape index (κ3) is 4.63. The predicted molar refractivity (Wildman–Crippen MR) is 92.5 cm³/mol. The molecule has 1 atom stereocenters. The highest BCUT2D eigenvalue weighted by atomic mass is 16.5. The molecule has 6 nitrogen and oxygen atoms in total. The van der Waals surface area contributed by atoms with Crippen molar-refractivity contribution in [2.75, 3.05) is 18.0 Å². The maximum atomic E-state index is 12.5. The molecule has 0 saturated heterocycles. The zero-order valence-electron chi connectivity index (χ0n) is 14.3. The Morgan fingerprint density at radius 3 is 2.71 bits per heavy atom. The van der Waals surface area contributed by atoms with Crippen LogP contribution >= 0.6 is 0 Å². The lowest BCUT2D eigenvalue weighted by molar-refractivity contribution is -0.137. The molecule has 1 aromatic rings. The van der Waals surface area contributed by atoms with Gasteiger partial charge >= 0.3 is 5.97 Å². The number of amides is 1. The van der Waals surface area contributed by atoms with Crippen molar-refractivity contribution in [1.29, 1.82) is 0 Å². The lowest BCUT2D eigenvalue weighted by Gasteiger charge is -2.36. The third-order valence-corrected chi connectivity index (χ3v) is 4.30. The van der Waals surface area contributed by atoms with Crippen molar-refractivity contribution in [3.8, 4) is 5.75 Å². The predicted octanol–water partition coefficient (Wildman–Crippen LogP) is 2.42. The lowest BCUT2D eigenvalue weighted by atomic mass is 10.1. The van der Waals surface area contributed by atoms with Crippen LogP contribution in [0.2, 0.25) is 0 Å². The van der Waals surface area contributed by atoms with E-state index in [0.29, 0.717) is 25.3 Å². The maximum Gasteiger partial charge on any atom is 0.303 e. The molecule has 1 heterocycles. The molecule has 0 aromatic heterocycles. The van der Waals surface area contributed by atoms with Crippen molar-refractivity contribution in [3.63, 3.8) is 0 Å². The van der Waals surface area contributed by atoms with E-state index in [0.717, 1.165) is 18.5 Å². The molecule has 0 aliphatic carbocycles. The summed E-state index contributed by atoms with van der Waals surface area (Å²) in [5, 5.41) is 11.9. The molecular weight excluding hydrogens is 308 g/mol. The fraction of sp³-hybridized carbons (Fsp3) is 0.556. The largest absolute Gasteiger partial charge is 0.481 e. The molecule has 0 fully saturated rings. The van der Waals surface area contributed by atoms with Gasteiger partial charge in [-0.3, -0.25) is 9.59 Å². The van der Waals surface area contributed by atoms with Gasteiger partial charge in [0.15, 0.2) is 6.10 Å². The highest BCUT2D eigenvalue weighted by molar-refractivity contribution is 5.83. The van der Waals surface area contributed by atoms with E-state index in [1.54, 1.807) is 0 Å². The Balaban J connectivity index is 2.08. The Bertz CT molecular complexity index is 572. The van der Waals surface area contributed by atoms with E-state index >= 15 is 0 Å². The minimum atomic E-state index is -0.806. The molecule has 24 heavy (non-hydrogen) atoms. The number of fused-ring (bicyclic) bond motifs is 1. The van der Waals surface area contributed by atoms with Gasteiger partial charge in [-0.2, -0.15) is 0 Å². The van der Waals surface area contributed by atoms with E-state index in [9.17, 15) is 9.59 Å². The van der Waals surface area contributed by atoms with Gasteiger partial charge in [0.1, 0.15) is 5.75 Å². The summed E-state index contributed by atoms with van der Waals surface area (Å²) in [6.07, 6.45) is 1.83. The van der Waals surface area contributed by atoms with Gasteiger partial charge in [0.2, 0.25) is 0 Å².